The number of likely N-dealkylation sites (tertiary alicyclic amines) is 1. The van der Waals surface area contributed by atoms with E-state index in [4.69, 9.17) is 10.4 Å². The average Bonchev–Trinajstić information content (AvgIpc) is 2.98. The molecule has 1 aromatic rings. The van der Waals surface area contributed by atoms with E-state index in [1.807, 2.05) is 5.43 Å². The summed E-state index contributed by atoms with van der Waals surface area (Å²) < 4.78 is 5.07. The number of amides is 2. The third kappa shape index (κ3) is 3.52. The number of aromatic nitrogens is 1. The molecule has 1 saturated heterocycles. The fourth-order valence-corrected chi connectivity index (χ4v) is 2.17. The quantitative estimate of drug-likeness (QED) is 0.366. The molecule has 2 amide bonds. The van der Waals surface area contributed by atoms with Gasteiger partial charge in [-0.05, 0) is 6.42 Å². The van der Waals surface area contributed by atoms with Gasteiger partial charge in [0.25, 0.3) is 5.91 Å². The molecule has 2 rings (SSSR count). The molecule has 1 aliphatic rings. The molecule has 0 spiro atoms. The first-order valence-corrected chi connectivity index (χ1v) is 6.04. The van der Waals surface area contributed by atoms with Crippen LogP contribution in [0.4, 0.5) is 0 Å². The minimum Gasteiger partial charge on any atom is -0.359 e. The fraction of sp³-hybridized carbons (Fsp3) is 0.545. The van der Waals surface area contributed by atoms with E-state index in [9.17, 15) is 9.59 Å². The molecule has 0 radical (unpaired) electrons. The summed E-state index contributed by atoms with van der Waals surface area (Å²) in [4.78, 5) is 24.3. The Morgan fingerprint density at radius 1 is 1.63 bits per heavy atom. The molecule has 8 heteroatoms. The molecule has 8 nitrogen and oxygen atoms in total. The van der Waals surface area contributed by atoms with Gasteiger partial charge in [-0.1, -0.05) is 5.16 Å². The zero-order valence-electron chi connectivity index (χ0n) is 10.7. The molecule has 104 valence electrons. The van der Waals surface area contributed by atoms with Gasteiger partial charge in [0, 0.05) is 32.1 Å². The van der Waals surface area contributed by atoms with E-state index in [1.54, 1.807) is 6.07 Å². The number of carbonyl (C=O) groups is 2. The van der Waals surface area contributed by atoms with Crippen LogP contribution in [0.2, 0.25) is 0 Å². The number of nitrogen functional groups attached to an aromatic ring is 1. The number of nitrogens with zero attached hydrogens (tertiary/aromatic N) is 2. The van der Waals surface area contributed by atoms with Crippen molar-refractivity contribution in [3.8, 4) is 0 Å². The van der Waals surface area contributed by atoms with Gasteiger partial charge in [0.2, 0.25) is 5.91 Å². The highest BCUT2D eigenvalue weighted by Crippen LogP contribution is 2.14. The van der Waals surface area contributed by atoms with Crippen molar-refractivity contribution in [3.63, 3.8) is 0 Å². The van der Waals surface area contributed by atoms with Crippen molar-refractivity contribution >= 4 is 11.8 Å². The normalized spacial score (nSPS) is 19.4. The van der Waals surface area contributed by atoms with Crippen molar-refractivity contribution in [2.75, 3.05) is 13.1 Å². The third-order valence-corrected chi connectivity index (χ3v) is 2.98. The summed E-state index contributed by atoms with van der Waals surface area (Å²) in [6, 6.07) is 1.74. The standard InChI is InChI=1S/C11H17N5O3/c1-7(17)13-8-2-3-16(5-8)6-9-4-10(15-19-9)11(18)14-12/h4,8H,2-3,5-6,12H2,1H3,(H,13,17)(H,14,18). The maximum atomic E-state index is 11.2. The molecule has 4 N–H and O–H groups in total. The first-order valence-electron chi connectivity index (χ1n) is 6.04. The van der Waals surface area contributed by atoms with Gasteiger partial charge < -0.3 is 9.84 Å². The molecule has 1 fully saturated rings. The summed E-state index contributed by atoms with van der Waals surface area (Å²) >= 11 is 0. The Hall–Kier alpha value is -1.93. The Bertz CT molecular complexity index is 473. The molecular formula is C11H17N5O3. The number of hydrogen-bond acceptors (Lipinski definition) is 6. The van der Waals surface area contributed by atoms with Crippen LogP contribution in [0, 0.1) is 0 Å². The summed E-state index contributed by atoms with van der Waals surface area (Å²) in [5.74, 6) is 5.11. The highest BCUT2D eigenvalue weighted by molar-refractivity contribution is 5.91. The van der Waals surface area contributed by atoms with Crippen LogP contribution in [0.3, 0.4) is 0 Å². The predicted molar refractivity (Wildman–Crippen MR) is 65.7 cm³/mol. The molecule has 0 bridgehead atoms. The molecular weight excluding hydrogens is 250 g/mol. The van der Waals surface area contributed by atoms with E-state index >= 15 is 0 Å². The van der Waals surface area contributed by atoms with Gasteiger partial charge in [-0.2, -0.15) is 0 Å². The number of nitrogens with two attached hydrogens (primary N) is 1. The van der Waals surface area contributed by atoms with Gasteiger partial charge in [0.05, 0.1) is 6.54 Å². The highest BCUT2D eigenvalue weighted by Gasteiger charge is 2.24. The highest BCUT2D eigenvalue weighted by atomic mass is 16.5. The lowest BCUT2D eigenvalue weighted by atomic mass is 10.2. The Kier molecular flexibility index (Phi) is 4.13. The van der Waals surface area contributed by atoms with Crippen LogP contribution in [0.5, 0.6) is 0 Å². The lowest BCUT2D eigenvalue weighted by Crippen LogP contribution is -2.35. The smallest absolute Gasteiger partial charge is 0.287 e. The van der Waals surface area contributed by atoms with Crippen molar-refractivity contribution in [2.45, 2.75) is 25.9 Å². The van der Waals surface area contributed by atoms with Gasteiger partial charge in [0.15, 0.2) is 11.5 Å². The summed E-state index contributed by atoms with van der Waals surface area (Å²) in [7, 11) is 0. The number of nitrogens with one attached hydrogen (secondary N) is 2. The van der Waals surface area contributed by atoms with Crippen LogP contribution in [-0.4, -0.2) is 41.0 Å². The number of rotatable bonds is 4. The molecule has 0 aromatic carbocycles. The Labute approximate surface area is 110 Å². The zero-order valence-corrected chi connectivity index (χ0v) is 10.7. The van der Waals surface area contributed by atoms with Crippen molar-refractivity contribution in [2.24, 2.45) is 5.84 Å². The largest absolute Gasteiger partial charge is 0.359 e. The second-order valence-corrected chi connectivity index (χ2v) is 4.57. The van der Waals surface area contributed by atoms with E-state index in [-0.39, 0.29) is 17.6 Å². The summed E-state index contributed by atoms with van der Waals surface area (Å²) in [6.07, 6.45) is 0.907. The van der Waals surface area contributed by atoms with Crippen LogP contribution >= 0.6 is 0 Å². The van der Waals surface area contributed by atoms with Gasteiger partial charge in [-0.15, -0.1) is 0 Å². The Morgan fingerprint density at radius 3 is 3.11 bits per heavy atom. The lowest BCUT2D eigenvalue weighted by Gasteiger charge is -2.14. The second kappa shape index (κ2) is 5.81. The van der Waals surface area contributed by atoms with E-state index in [2.05, 4.69) is 15.4 Å². The maximum absolute atomic E-state index is 11.2. The van der Waals surface area contributed by atoms with Crippen LogP contribution in [0.15, 0.2) is 10.6 Å². The number of hydrogen-bond donors (Lipinski definition) is 3. The van der Waals surface area contributed by atoms with Gasteiger partial charge >= 0.3 is 0 Å². The van der Waals surface area contributed by atoms with Crippen LogP contribution in [0.25, 0.3) is 0 Å². The zero-order chi connectivity index (χ0) is 13.8. The summed E-state index contributed by atoms with van der Waals surface area (Å²) in [5, 5.41) is 6.52. The van der Waals surface area contributed by atoms with E-state index in [0.717, 1.165) is 19.5 Å². The monoisotopic (exact) mass is 267 g/mol. The van der Waals surface area contributed by atoms with E-state index < -0.39 is 5.91 Å². The topological polar surface area (TPSA) is 113 Å². The third-order valence-electron chi connectivity index (χ3n) is 2.98. The van der Waals surface area contributed by atoms with Crippen molar-refractivity contribution in [1.82, 2.24) is 20.8 Å². The average molecular weight is 267 g/mol. The molecule has 0 saturated carbocycles. The summed E-state index contributed by atoms with van der Waals surface area (Å²) in [5.41, 5.74) is 2.16. The maximum Gasteiger partial charge on any atom is 0.287 e. The van der Waals surface area contributed by atoms with Crippen LogP contribution in [0.1, 0.15) is 29.6 Å². The summed E-state index contributed by atoms with van der Waals surface area (Å²) in [6.45, 7) is 3.69. The molecule has 2 heterocycles. The molecule has 1 atom stereocenters. The molecule has 1 aromatic heterocycles. The fourth-order valence-electron chi connectivity index (χ4n) is 2.17. The van der Waals surface area contributed by atoms with Gasteiger partial charge in [-0.25, -0.2) is 5.84 Å². The first-order chi connectivity index (χ1) is 9.08. The Morgan fingerprint density at radius 2 is 2.42 bits per heavy atom. The molecule has 0 aliphatic carbocycles. The van der Waals surface area contributed by atoms with Gasteiger partial charge in [0.1, 0.15) is 0 Å². The molecule has 19 heavy (non-hydrogen) atoms. The number of carbonyl (C=O) groups excluding carboxylic acids is 2. The van der Waals surface area contributed by atoms with Crippen LogP contribution in [-0.2, 0) is 11.3 Å². The molecule has 1 unspecified atom stereocenters. The van der Waals surface area contributed by atoms with Crippen molar-refractivity contribution in [1.29, 1.82) is 0 Å². The molecule has 1 aliphatic heterocycles. The SMILES string of the molecule is CC(=O)NC1CCN(Cc2cc(C(=O)NN)no2)C1. The van der Waals surface area contributed by atoms with E-state index in [1.165, 1.54) is 6.92 Å². The minimum atomic E-state index is -0.479. The van der Waals surface area contributed by atoms with E-state index in [0.29, 0.717) is 12.3 Å². The number of hydrazine groups is 1. The van der Waals surface area contributed by atoms with Gasteiger partial charge in [-0.3, -0.25) is 19.9 Å². The minimum absolute atomic E-state index is 0.0200. The van der Waals surface area contributed by atoms with Crippen molar-refractivity contribution < 1.29 is 14.1 Å². The Balaban J connectivity index is 1.87. The second-order valence-electron chi connectivity index (χ2n) is 4.57. The lowest BCUT2D eigenvalue weighted by molar-refractivity contribution is -0.119. The predicted octanol–water partition coefficient (Wildman–Crippen LogP) is -1.01. The first kappa shape index (κ1) is 13.5. The van der Waals surface area contributed by atoms with Crippen molar-refractivity contribution in [3.05, 3.63) is 17.5 Å². The van der Waals surface area contributed by atoms with Crippen LogP contribution < -0.4 is 16.6 Å².